The van der Waals surface area contributed by atoms with Crippen LogP contribution >= 0.6 is 0 Å². The van der Waals surface area contributed by atoms with Gasteiger partial charge in [-0.25, -0.2) is 0 Å². The normalized spacial score (nSPS) is 12.8. The van der Waals surface area contributed by atoms with E-state index >= 15 is 0 Å². The maximum absolute atomic E-state index is 10.4. The first kappa shape index (κ1) is 22.2. The predicted molar refractivity (Wildman–Crippen MR) is 97.9 cm³/mol. The van der Waals surface area contributed by atoms with Gasteiger partial charge in [0.2, 0.25) is 0 Å². The number of ether oxygens (including phenoxy) is 1. The molecule has 0 amide bonds. The number of aliphatic carboxylic acids is 1. The van der Waals surface area contributed by atoms with Crippen LogP contribution in [0.25, 0.3) is 0 Å². The largest absolute Gasteiger partial charge is 0.481 e. The number of hydrogen-bond acceptors (Lipinski definition) is 2. The summed E-state index contributed by atoms with van der Waals surface area (Å²) in [5.74, 6) is -0.673. The minimum absolute atomic E-state index is 0.319. The Balaban J connectivity index is 3.47. The molecule has 136 valence electrons. The summed E-state index contributed by atoms with van der Waals surface area (Å²) in [4.78, 5) is 10.4. The predicted octanol–water partition coefficient (Wildman–Crippen LogP) is 6.12. The second kappa shape index (κ2) is 17.5. The summed E-state index contributed by atoms with van der Waals surface area (Å²) in [6, 6.07) is 0. The van der Waals surface area contributed by atoms with Gasteiger partial charge in [0, 0.05) is 13.0 Å². The summed E-state index contributed by atoms with van der Waals surface area (Å²) in [6.45, 7) is 5.14. The van der Waals surface area contributed by atoms with E-state index in [1.54, 1.807) is 0 Å². The summed E-state index contributed by atoms with van der Waals surface area (Å²) < 4.78 is 5.81. The number of allylic oxidation sites excluding steroid dienone is 2. The molecule has 0 rings (SSSR count). The topological polar surface area (TPSA) is 46.5 Å². The Morgan fingerprint density at radius 1 is 0.913 bits per heavy atom. The number of carbonyl (C=O) groups is 1. The fraction of sp³-hybridized carbons (Fsp3) is 0.850. The number of carboxylic acid groups (broad SMARTS) is 1. The summed E-state index contributed by atoms with van der Waals surface area (Å²) in [7, 11) is 0. The molecule has 0 fully saturated rings. The second-order valence-corrected chi connectivity index (χ2v) is 6.32. The van der Waals surface area contributed by atoms with Crippen molar-refractivity contribution in [3.05, 3.63) is 12.2 Å². The van der Waals surface area contributed by atoms with Crippen molar-refractivity contribution in [2.45, 2.75) is 103 Å². The van der Waals surface area contributed by atoms with Crippen LogP contribution in [0.2, 0.25) is 0 Å². The van der Waals surface area contributed by atoms with E-state index in [9.17, 15) is 4.79 Å². The summed E-state index contributed by atoms with van der Waals surface area (Å²) in [6.07, 6.45) is 19.3. The highest BCUT2D eigenvalue weighted by Crippen LogP contribution is 2.13. The van der Waals surface area contributed by atoms with Crippen molar-refractivity contribution in [2.24, 2.45) is 0 Å². The van der Waals surface area contributed by atoms with Crippen molar-refractivity contribution in [2.75, 3.05) is 6.61 Å². The average Bonchev–Trinajstić information content (AvgIpc) is 2.52. The van der Waals surface area contributed by atoms with Gasteiger partial charge in [-0.3, -0.25) is 4.79 Å². The van der Waals surface area contributed by atoms with Crippen LogP contribution in [0.4, 0.5) is 0 Å². The molecule has 0 radical (unpaired) electrons. The van der Waals surface area contributed by atoms with Crippen LogP contribution in [-0.4, -0.2) is 23.8 Å². The highest BCUT2D eigenvalue weighted by atomic mass is 16.5. The van der Waals surface area contributed by atoms with Gasteiger partial charge in [-0.1, -0.05) is 57.6 Å². The van der Waals surface area contributed by atoms with Crippen molar-refractivity contribution in [1.29, 1.82) is 0 Å². The van der Waals surface area contributed by atoms with Crippen molar-refractivity contribution in [3.8, 4) is 0 Å². The first-order valence-electron chi connectivity index (χ1n) is 9.69. The van der Waals surface area contributed by atoms with Gasteiger partial charge in [-0.15, -0.1) is 0 Å². The Bertz CT molecular complexity index is 287. The Morgan fingerprint density at radius 3 is 2.30 bits per heavy atom. The standard InChI is InChI=1S/C20H38O3/c1-3-5-13-16-19(23-4-2)17-14-11-9-7-6-8-10-12-15-18-20(21)22/h9,11,19H,3-8,10,12-18H2,1-2H3,(H,21,22). The molecule has 0 aromatic rings. The monoisotopic (exact) mass is 326 g/mol. The van der Waals surface area contributed by atoms with Crippen molar-refractivity contribution < 1.29 is 14.6 Å². The summed E-state index contributed by atoms with van der Waals surface area (Å²) in [5, 5.41) is 8.55. The molecule has 0 bridgehead atoms. The lowest BCUT2D eigenvalue weighted by atomic mass is 10.1. The molecular formula is C20H38O3. The molecule has 0 aliphatic carbocycles. The van der Waals surface area contributed by atoms with Crippen LogP contribution in [0.3, 0.4) is 0 Å². The van der Waals surface area contributed by atoms with E-state index in [1.165, 1.54) is 38.5 Å². The molecule has 3 heteroatoms. The van der Waals surface area contributed by atoms with Crippen LogP contribution in [0.5, 0.6) is 0 Å². The maximum Gasteiger partial charge on any atom is 0.303 e. The van der Waals surface area contributed by atoms with Crippen LogP contribution in [0.1, 0.15) is 97.3 Å². The third-order valence-corrected chi connectivity index (χ3v) is 4.12. The van der Waals surface area contributed by atoms with E-state index in [2.05, 4.69) is 26.0 Å². The lowest BCUT2D eigenvalue weighted by Crippen LogP contribution is -2.12. The minimum atomic E-state index is -0.673. The van der Waals surface area contributed by atoms with Crippen molar-refractivity contribution >= 4 is 5.97 Å². The van der Waals surface area contributed by atoms with E-state index in [-0.39, 0.29) is 0 Å². The van der Waals surface area contributed by atoms with Gasteiger partial charge >= 0.3 is 5.97 Å². The van der Waals surface area contributed by atoms with E-state index in [0.29, 0.717) is 12.5 Å². The highest BCUT2D eigenvalue weighted by Gasteiger charge is 2.06. The molecule has 0 aliphatic heterocycles. The molecule has 1 unspecified atom stereocenters. The molecule has 23 heavy (non-hydrogen) atoms. The van der Waals surface area contributed by atoms with Gasteiger partial charge in [0.15, 0.2) is 0 Å². The maximum atomic E-state index is 10.4. The SMILES string of the molecule is CCCCCC(CCC=CCCCCCCCC(=O)O)OCC. The third kappa shape index (κ3) is 17.4. The van der Waals surface area contributed by atoms with Crippen LogP contribution in [0, 0.1) is 0 Å². The van der Waals surface area contributed by atoms with Gasteiger partial charge in [0.05, 0.1) is 6.10 Å². The number of rotatable bonds is 17. The highest BCUT2D eigenvalue weighted by molar-refractivity contribution is 5.66. The van der Waals surface area contributed by atoms with Gasteiger partial charge in [-0.2, -0.15) is 0 Å². The van der Waals surface area contributed by atoms with Gasteiger partial charge in [0.25, 0.3) is 0 Å². The molecular weight excluding hydrogens is 288 g/mol. The van der Waals surface area contributed by atoms with Gasteiger partial charge in [-0.05, 0) is 45.4 Å². The smallest absolute Gasteiger partial charge is 0.303 e. The molecule has 0 aliphatic rings. The van der Waals surface area contributed by atoms with Crippen LogP contribution < -0.4 is 0 Å². The Labute approximate surface area is 143 Å². The third-order valence-electron chi connectivity index (χ3n) is 4.12. The van der Waals surface area contributed by atoms with Crippen LogP contribution in [-0.2, 0) is 9.53 Å². The summed E-state index contributed by atoms with van der Waals surface area (Å²) in [5.41, 5.74) is 0. The Morgan fingerprint density at radius 2 is 1.61 bits per heavy atom. The molecule has 1 N–H and O–H groups in total. The molecule has 0 spiro atoms. The van der Waals surface area contributed by atoms with Crippen LogP contribution in [0.15, 0.2) is 12.2 Å². The second-order valence-electron chi connectivity index (χ2n) is 6.32. The first-order chi connectivity index (χ1) is 11.2. The molecule has 3 nitrogen and oxygen atoms in total. The first-order valence-corrected chi connectivity index (χ1v) is 9.69. The van der Waals surface area contributed by atoms with Crippen molar-refractivity contribution in [1.82, 2.24) is 0 Å². The zero-order chi connectivity index (χ0) is 17.2. The van der Waals surface area contributed by atoms with Crippen molar-refractivity contribution in [3.63, 3.8) is 0 Å². The lowest BCUT2D eigenvalue weighted by Gasteiger charge is -2.15. The number of carboxylic acids is 1. The van der Waals surface area contributed by atoms with E-state index in [4.69, 9.17) is 9.84 Å². The quantitative estimate of drug-likeness (QED) is 0.258. The van der Waals surface area contributed by atoms with E-state index in [1.807, 2.05) is 0 Å². The average molecular weight is 327 g/mol. The Hall–Kier alpha value is -0.830. The zero-order valence-electron chi connectivity index (χ0n) is 15.4. The van der Waals surface area contributed by atoms with Gasteiger partial charge in [0.1, 0.15) is 0 Å². The molecule has 1 atom stereocenters. The molecule has 0 aromatic heterocycles. The van der Waals surface area contributed by atoms with E-state index < -0.39 is 5.97 Å². The number of hydrogen-bond donors (Lipinski definition) is 1. The minimum Gasteiger partial charge on any atom is -0.481 e. The van der Waals surface area contributed by atoms with Gasteiger partial charge < -0.3 is 9.84 Å². The lowest BCUT2D eigenvalue weighted by molar-refractivity contribution is -0.137. The fourth-order valence-corrected chi connectivity index (χ4v) is 2.76. The zero-order valence-corrected chi connectivity index (χ0v) is 15.4. The number of unbranched alkanes of at least 4 members (excludes halogenated alkanes) is 7. The molecule has 0 saturated heterocycles. The molecule has 0 heterocycles. The fourth-order valence-electron chi connectivity index (χ4n) is 2.76. The molecule has 0 saturated carbocycles. The Kier molecular flexibility index (Phi) is 16.9. The van der Waals surface area contributed by atoms with E-state index in [0.717, 1.165) is 45.1 Å². The molecule has 0 aromatic carbocycles. The summed E-state index contributed by atoms with van der Waals surface area (Å²) >= 11 is 0.